The number of carbonyl (C=O) groups excluding carboxylic acids is 1. The van der Waals surface area contributed by atoms with Gasteiger partial charge in [0.15, 0.2) is 0 Å². The first-order valence-corrected chi connectivity index (χ1v) is 9.89. The first-order valence-electron chi connectivity index (χ1n) is 8.41. The van der Waals surface area contributed by atoms with Gasteiger partial charge in [0.05, 0.1) is 17.5 Å². The molecule has 0 saturated heterocycles. The van der Waals surface area contributed by atoms with E-state index in [1.54, 1.807) is 13.0 Å². The van der Waals surface area contributed by atoms with Crippen LogP contribution in [0.2, 0.25) is 0 Å². The summed E-state index contributed by atoms with van der Waals surface area (Å²) in [5, 5.41) is 2.72. The van der Waals surface area contributed by atoms with Gasteiger partial charge in [-0.2, -0.15) is 4.72 Å². The summed E-state index contributed by atoms with van der Waals surface area (Å²) < 4.78 is 32.8. The van der Waals surface area contributed by atoms with E-state index in [9.17, 15) is 13.2 Å². The van der Waals surface area contributed by atoms with E-state index in [-0.39, 0.29) is 10.8 Å². The van der Waals surface area contributed by atoms with Gasteiger partial charge in [-0.05, 0) is 50.1 Å². The zero-order valence-electron chi connectivity index (χ0n) is 15.2. The fourth-order valence-electron chi connectivity index (χ4n) is 2.40. The number of benzene rings is 2. The van der Waals surface area contributed by atoms with Gasteiger partial charge < -0.3 is 10.1 Å². The van der Waals surface area contributed by atoms with Crippen LogP contribution in [0.1, 0.15) is 25.0 Å². The highest BCUT2D eigenvalue weighted by Gasteiger charge is 2.22. The molecular formula is C19H24N2O4S. The highest BCUT2D eigenvalue weighted by atomic mass is 32.2. The van der Waals surface area contributed by atoms with Crippen molar-refractivity contribution in [3.63, 3.8) is 0 Å². The summed E-state index contributed by atoms with van der Waals surface area (Å²) in [5.74, 6) is 0.250. The Hall–Kier alpha value is -2.38. The average molecular weight is 376 g/mol. The summed E-state index contributed by atoms with van der Waals surface area (Å²) in [6.07, 6.45) is 0. The molecule has 0 aliphatic rings. The molecular weight excluding hydrogens is 352 g/mol. The predicted octanol–water partition coefficient (Wildman–Crippen LogP) is 2.38. The highest BCUT2D eigenvalue weighted by Crippen LogP contribution is 2.21. The summed E-state index contributed by atoms with van der Waals surface area (Å²) in [6, 6.07) is 13.1. The molecule has 0 aliphatic heterocycles. The standard InChI is InChI=1S/C19H24N2O4S/c1-4-25-18-11-10-17(12-14(18)2)26(23,24)21-15(3)19(22)20-13-16-8-6-5-7-9-16/h5-12,15,21H,4,13H2,1-3H3,(H,20,22)/t15-/m1/s1. The second-order valence-corrected chi connectivity index (χ2v) is 7.62. The summed E-state index contributed by atoms with van der Waals surface area (Å²) in [7, 11) is -3.81. The van der Waals surface area contributed by atoms with Crippen molar-refractivity contribution in [3.8, 4) is 5.75 Å². The molecule has 0 aromatic heterocycles. The molecule has 0 heterocycles. The van der Waals surface area contributed by atoms with Gasteiger partial charge >= 0.3 is 0 Å². The maximum Gasteiger partial charge on any atom is 0.241 e. The van der Waals surface area contributed by atoms with Crippen LogP contribution in [0.25, 0.3) is 0 Å². The quantitative estimate of drug-likeness (QED) is 0.741. The lowest BCUT2D eigenvalue weighted by atomic mass is 10.2. The zero-order chi connectivity index (χ0) is 19.2. The Bertz CT molecular complexity index is 851. The Labute approximate surface area is 154 Å². The van der Waals surface area contributed by atoms with Crippen LogP contribution in [0.15, 0.2) is 53.4 Å². The Balaban J connectivity index is 2.01. The molecule has 2 rings (SSSR count). The van der Waals surface area contributed by atoms with Gasteiger partial charge in [-0.25, -0.2) is 8.42 Å². The molecule has 2 aromatic carbocycles. The number of aryl methyl sites for hydroxylation is 1. The minimum absolute atomic E-state index is 0.0983. The predicted molar refractivity (Wildman–Crippen MR) is 100 cm³/mol. The molecule has 7 heteroatoms. The fraction of sp³-hybridized carbons (Fsp3) is 0.316. The summed E-state index contributed by atoms with van der Waals surface area (Å²) >= 11 is 0. The Morgan fingerprint density at radius 1 is 1.15 bits per heavy atom. The number of hydrogen-bond acceptors (Lipinski definition) is 4. The number of carbonyl (C=O) groups is 1. The van der Waals surface area contributed by atoms with Gasteiger partial charge in [-0.15, -0.1) is 0 Å². The van der Waals surface area contributed by atoms with E-state index in [4.69, 9.17) is 4.74 Å². The molecule has 140 valence electrons. The molecule has 1 amide bonds. The van der Waals surface area contributed by atoms with Crippen LogP contribution < -0.4 is 14.8 Å². The lowest BCUT2D eigenvalue weighted by molar-refractivity contribution is -0.122. The van der Waals surface area contributed by atoms with E-state index in [2.05, 4.69) is 10.0 Å². The SMILES string of the molecule is CCOc1ccc(S(=O)(=O)N[C@H](C)C(=O)NCc2ccccc2)cc1C. The molecule has 0 aliphatic carbocycles. The van der Waals surface area contributed by atoms with E-state index in [1.165, 1.54) is 19.1 Å². The Kier molecular flexibility index (Phi) is 6.76. The van der Waals surface area contributed by atoms with Gasteiger partial charge in [0, 0.05) is 6.54 Å². The zero-order valence-corrected chi connectivity index (χ0v) is 16.0. The lowest BCUT2D eigenvalue weighted by Gasteiger charge is -2.15. The smallest absolute Gasteiger partial charge is 0.241 e. The maximum atomic E-state index is 12.5. The van der Waals surface area contributed by atoms with Gasteiger partial charge in [0.25, 0.3) is 0 Å². The third kappa shape index (κ3) is 5.31. The molecule has 0 bridgehead atoms. The fourth-order valence-corrected chi connectivity index (χ4v) is 3.69. The van der Waals surface area contributed by atoms with E-state index in [0.29, 0.717) is 18.9 Å². The summed E-state index contributed by atoms with van der Waals surface area (Å²) in [6.45, 7) is 6.00. The van der Waals surface area contributed by atoms with Crippen molar-refractivity contribution >= 4 is 15.9 Å². The minimum Gasteiger partial charge on any atom is -0.494 e. The van der Waals surface area contributed by atoms with Gasteiger partial charge in [-0.3, -0.25) is 4.79 Å². The monoisotopic (exact) mass is 376 g/mol. The van der Waals surface area contributed by atoms with Crippen molar-refractivity contribution in [2.75, 3.05) is 6.61 Å². The summed E-state index contributed by atoms with van der Waals surface area (Å²) in [4.78, 5) is 12.3. The van der Waals surface area contributed by atoms with E-state index in [1.807, 2.05) is 37.3 Å². The first kappa shape index (κ1) is 19.9. The first-order chi connectivity index (χ1) is 12.3. The molecule has 2 aromatic rings. The number of nitrogens with one attached hydrogen (secondary N) is 2. The van der Waals surface area contributed by atoms with Gasteiger partial charge in [0.1, 0.15) is 5.75 Å². The van der Waals surface area contributed by atoms with Crippen LogP contribution in [0.4, 0.5) is 0 Å². The lowest BCUT2D eigenvalue weighted by Crippen LogP contribution is -2.44. The van der Waals surface area contributed by atoms with Crippen LogP contribution in [0.5, 0.6) is 5.75 Å². The van der Waals surface area contributed by atoms with Crippen LogP contribution in [-0.2, 0) is 21.4 Å². The number of amides is 1. The van der Waals surface area contributed by atoms with Gasteiger partial charge in [0.2, 0.25) is 15.9 Å². The molecule has 6 nitrogen and oxygen atoms in total. The second kappa shape index (κ2) is 8.82. The Morgan fingerprint density at radius 3 is 2.46 bits per heavy atom. The average Bonchev–Trinajstić information content (AvgIpc) is 2.62. The molecule has 0 saturated carbocycles. The van der Waals surface area contributed by atoms with Crippen molar-refractivity contribution in [3.05, 3.63) is 59.7 Å². The molecule has 1 atom stereocenters. The number of sulfonamides is 1. The molecule has 0 radical (unpaired) electrons. The topological polar surface area (TPSA) is 84.5 Å². The molecule has 2 N–H and O–H groups in total. The number of hydrogen-bond donors (Lipinski definition) is 2. The molecule has 0 unspecified atom stereocenters. The normalized spacial score (nSPS) is 12.4. The maximum absolute atomic E-state index is 12.5. The van der Waals surface area contributed by atoms with Crippen molar-refractivity contribution in [1.29, 1.82) is 0 Å². The van der Waals surface area contributed by atoms with Crippen molar-refractivity contribution in [2.24, 2.45) is 0 Å². The van der Waals surface area contributed by atoms with Crippen LogP contribution in [-0.4, -0.2) is 27.0 Å². The second-order valence-electron chi connectivity index (χ2n) is 5.91. The van der Waals surface area contributed by atoms with Gasteiger partial charge in [-0.1, -0.05) is 30.3 Å². The highest BCUT2D eigenvalue weighted by molar-refractivity contribution is 7.89. The van der Waals surface area contributed by atoms with Crippen LogP contribution in [0, 0.1) is 6.92 Å². The van der Waals surface area contributed by atoms with Crippen molar-refractivity contribution in [1.82, 2.24) is 10.0 Å². The summed E-state index contributed by atoms with van der Waals surface area (Å²) in [5.41, 5.74) is 1.66. The third-order valence-corrected chi connectivity index (χ3v) is 5.33. The number of rotatable bonds is 8. The van der Waals surface area contributed by atoms with Crippen molar-refractivity contribution in [2.45, 2.75) is 38.3 Å². The van der Waals surface area contributed by atoms with E-state index >= 15 is 0 Å². The van der Waals surface area contributed by atoms with Crippen molar-refractivity contribution < 1.29 is 17.9 Å². The Morgan fingerprint density at radius 2 is 1.85 bits per heavy atom. The third-order valence-electron chi connectivity index (χ3n) is 3.79. The molecule has 0 spiro atoms. The van der Waals surface area contributed by atoms with Crippen LogP contribution >= 0.6 is 0 Å². The minimum atomic E-state index is -3.81. The molecule has 0 fully saturated rings. The van der Waals surface area contributed by atoms with Crippen LogP contribution in [0.3, 0.4) is 0 Å². The molecule has 26 heavy (non-hydrogen) atoms. The number of ether oxygens (including phenoxy) is 1. The van der Waals surface area contributed by atoms with E-state index in [0.717, 1.165) is 11.1 Å². The largest absolute Gasteiger partial charge is 0.494 e. The van der Waals surface area contributed by atoms with E-state index < -0.39 is 16.1 Å².